The second kappa shape index (κ2) is 9.42. The highest BCUT2D eigenvalue weighted by Crippen LogP contribution is 2.30. The van der Waals surface area contributed by atoms with Crippen molar-refractivity contribution in [3.05, 3.63) is 28.2 Å². The van der Waals surface area contributed by atoms with Crippen molar-refractivity contribution in [1.29, 1.82) is 0 Å². The fraction of sp³-hybridized carbons (Fsp3) is 0.400. The van der Waals surface area contributed by atoms with Gasteiger partial charge in [-0.2, -0.15) is 0 Å². The highest BCUT2D eigenvalue weighted by molar-refractivity contribution is 8.01. The fourth-order valence-corrected chi connectivity index (χ4v) is 5.72. The Kier molecular flexibility index (Phi) is 7.75. The van der Waals surface area contributed by atoms with Crippen LogP contribution < -0.4 is 9.62 Å². The van der Waals surface area contributed by atoms with E-state index in [2.05, 4.69) is 15.5 Å². The van der Waals surface area contributed by atoms with Crippen LogP contribution in [-0.4, -0.2) is 42.6 Å². The number of benzene rings is 1. The lowest BCUT2D eigenvalue weighted by atomic mass is 10.2. The number of halogens is 2. The lowest BCUT2D eigenvalue weighted by Crippen LogP contribution is -2.47. The molecule has 1 unspecified atom stereocenters. The Balaban J connectivity index is 2.35. The summed E-state index contributed by atoms with van der Waals surface area (Å²) in [4.78, 5) is 12.8. The molecule has 1 aromatic carbocycles. The van der Waals surface area contributed by atoms with E-state index in [9.17, 15) is 13.2 Å². The van der Waals surface area contributed by atoms with Crippen molar-refractivity contribution in [3.8, 4) is 0 Å². The number of anilines is 2. The Morgan fingerprint density at radius 2 is 1.89 bits per heavy atom. The van der Waals surface area contributed by atoms with Gasteiger partial charge in [0.1, 0.15) is 6.04 Å². The zero-order valence-electron chi connectivity index (χ0n) is 14.8. The Labute approximate surface area is 176 Å². The van der Waals surface area contributed by atoms with Gasteiger partial charge in [-0.1, -0.05) is 60.1 Å². The second-order valence-electron chi connectivity index (χ2n) is 5.41. The quantitative estimate of drug-likeness (QED) is 0.462. The molecule has 2 rings (SSSR count). The van der Waals surface area contributed by atoms with Gasteiger partial charge in [-0.05, 0) is 30.4 Å². The molecule has 1 atom stereocenters. The summed E-state index contributed by atoms with van der Waals surface area (Å²) in [5.74, 6) is 0.320. The Morgan fingerprint density at radius 1 is 1.26 bits per heavy atom. The minimum absolute atomic E-state index is 0.219. The van der Waals surface area contributed by atoms with E-state index in [1.54, 1.807) is 6.92 Å². The number of hydrogen-bond acceptors (Lipinski definition) is 7. The first-order valence-corrected chi connectivity index (χ1v) is 12.3. The summed E-state index contributed by atoms with van der Waals surface area (Å²) in [6.45, 7) is 3.70. The molecule has 7 nitrogen and oxygen atoms in total. The molecular weight excluding hydrogens is 451 g/mol. The number of aromatic nitrogens is 2. The summed E-state index contributed by atoms with van der Waals surface area (Å²) >= 11 is 14.8. The van der Waals surface area contributed by atoms with Crippen molar-refractivity contribution in [1.82, 2.24) is 10.2 Å². The summed E-state index contributed by atoms with van der Waals surface area (Å²) in [5.41, 5.74) is 0.219. The smallest absolute Gasteiger partial charge is 0.250 e. The van der Waals surface area contributed by atoms with Gasteiger partial charge in [-0.3, -0.25) is 14.4 Å². The third-order valence-corrected chi connectivity index (χ3v) is 6.81. The number of sulfonamides is 1. The number of rotatable bonds is 8. The molecule has 0 spiro atoms. The normalized spacial score (nSPS) is 12.6. The van der Waals surface area contributed by atoms with Gasteiger partial charge in [0.25, 0.3) is 0 Å². The van der Waals surface area contributed by atoms with Crippen LogP contribution in [0.1, 0.15) is 20.3 Å². The molecule has 27 heavy (non-hydrogen) atoms. The first kappa shape index (κ1) is 22.2. The van der Waals surface area contributed by atoms with Crippen LogP contribution in [0.25, 0.3) is 0 Å². The van der Waals surface area contributed by atoms with E-state index >= 15 is 0 Å². The topological polar surface area (TPSA) is 92.3 Å². The lowest BCUT2D eigenvalue weighted by Gasteiger charge is -2.30. The van der Waals surface area contributed by atoms with Crippen molar-refractivity contribution in [3.63, 3.8) is 0 Å². The van der Waals surface area contributed by atoms with Gasteiger partial charge in [0.15, 0.2) is 4.34 Å². The zero-order chi connectivity index (χ0) is 20.2. The number of thioether (sulfide) groups is 1. The molecule has 1 N–H and O–H groups in total. The molecule has 1 amide bonds. The molecule has 0 fully saturated rings. The van der Waals surface area contributed by atoms with Crippen LogP contribution in [0, 0.1) is 0 Å². The largest absolute Gasteiger partial charge is 0.299 e. The van der Waals surface area contributed by atoms with E-state index in [1.807, 2.05) is 6.92 Å². The Morgan fingerprint density at radius 3 is 2.41 bits per heavy atom. The van der Waals surface area contributed by atoms with Crippen LogP contribution in [0.2, 0.25) is 10.0 Å². The van der Waals surface area contributed by atoms with Crippen LogP contribution in [0.5, 0.6) is 0 Å². The monoisotopic (exact) mass is 468 g/mol. The standard InChI is InChI=1S/C15H18Cl2N4O3S3/c1-4-12(13(22)18-14-19-20-15(26-14)25-5-2)21(27(3,23)24)11-7-9(16)6-10(17)8-11/h6-8,12H,4-5H2,1-3H3,(H,18,19,22). The molecule has 0 saturated carbocycles. The van der Waals surface area contributed by atoms with E-state index in [0.717, 1.165) is 20.7 Å². The number of nitrogens with zero attached hydrogens (tertiary/aromatic N) is 3. The molecule has 2 aromatic rings. The van der Waals surface area contributed by atoms with E-state index < -0.39 is 22.0 Å². The molecule has 0 radical (unpaired) electrons. The van der Waals surface area contributed by atoms with Gasteiger partial charge in [-0.15, -0.1) is 10.2 Å². The molecule has 148 valence electrons. The van der Waals surface area contributed by atoms with E-state index in [1.165, 1.54) is 41.3 Å². The van der Waals surface area contributed by atoms with Crippen molar-refractivity contribution in [2.24, 2.45) is 0 Å². The molecule has 0 saturated heterocycles. The van der Waals surface area contributed by atoms with Gasteiger partial charge >= 0.3 is 0 Å². The summed E-state index contributed by atoms with van der Waals surface area (Å²) in [6.07, 6.45) is 1.26. The van der Waals surface area contributed by atoms with E-state index in [4.69, 9.17) is 23.2 Å². The van der Waals surface area contributed by atoms with Gasteiger partial charge in [0, 0.05) is 10.0 Å². The molecule has 0 aliphatic carbocycles. The Hall–Kier alpha value is -1.07. The molecule has 12 heteroatoms. The van der Waals surface area contributed by atoms with Crippen molar-refractivity contribution >= 4 is 73.0 Å². The lowest BCUT2D eigenvalue weighted by molar-refractivity contribution is -0.117. The number of nitrogens with one attached hydrogen (secondary N) is 1. The predicted octanol–water partition coefficient (Wildman–Crippen LogP) is 4.14. The molecule has 1 heterocycles. The fourth-order valence-electron chi connectivity index (χ4n) is 2.36. The van der Waals surface area contributed by atoms with Crippen molar-refractivity contribution in [2.45, 2.75) is 30.6 Å². The van der Waals surface area contributed by atoms with Gasteiger partial charge in [-0.25, -0.2) is 8.42 Å². The molecule has 0 aliphatic rings. The highest BCUT2D eigenvalue weighted by Gasteiger charge is 2.32. The first-order chi connectivity index (χ1) is 12.7. The van der Waals surface area contributed by atoms with Crippen molar-refractivity contribution in [2.75, 3.05) is 21.6 Å². The van der Waals surface area contributed by atoms with Crippen molar-refractivity contribution < 1.29 is 13.2 Å². The van der Waals surface area contributed by atoms with E-state index in [-0.39, 0.29) is 22.2 Å². The molecule has 1 aromatic heterocycles. The summed E-state index contributed by atoms with van der Waals surface area (Å²) < 4.78 is 26.6. The summed E-state index contributed by atoms with van der Waals surface area (Å²) in [7, 11) is -3.79. The minimum atomic E-state index is -3.79. The van der Waals surface area contributed by atoms with Crippen LogP contribution in [0.15, 0.2) is 22.5 Å². The van der Waals surface area contributed by atoms with Crippen LogP contribution in [-0.2, 0) is 14.8 Å². The average Bonchev–Trinajstić information content (AvgIpc) is 2.97. The maximum absolute atomic E-state index is 12.8. The zero-order valence-corrected chi connectivity index (χ0v) is 18.7. The number of carbonyl (C=O) groups is 1. The number of hydrogen-bond donors (Lipinski definition) is 1. The van der Waals surface area contributed by atoms with Gasteiger partial charge in [0.2, 0.25) is 21.1 Å². The minimum Gasteiger partial charge on any atom is -0.299 e. The Bertz CT molecular complexity index is 901. The highest BCUT2D eigenvalue weighted by atomic mass is 35.5. The van der Waals surface area contributed by atoms with Gasteiger partial charge < -0.3 is 0 Å². The van der Waals surface area contributed by atoms with Crippen LogP contribution in [0.3, 0.4) is 0 Å². The number of carbonyl (C=O) groups excluding carboxylic acids is 1. The predicted molar refractivity (Wildman–Crippen MR) is 113 cm³/mol. The third kappa shape index (κ3) is 5.95. The summed E-state index contributed by atoms with van der Waals surface area (Å²) in [6, 6.07) is 3.39. The molecule has 0 aliphatic heterocycles. The van der Waals surface area contributed by atoms with Gasteiger partial charge in [0.05, 0.1) is 11.9 Å². The number of amides is 1. The average molecular weight is 469 g/mol. The maximum Gasteiger partial charge on any atom is 0.250 e. The summed E-state index contributed by atoms with van der Waals surface area (Å²) in [5, 5.41) is 11.4. The second-order valence-corrected chi connectivity index (χ2v) is 10.6. The SMILES string of the molecule is CCSc1nnc(NC(=O)C(CC)N(c2cc(Cl)cc(Cl)c2)S(C)(=O)=O)s1. The van der Waals surface area contributed by atoms with Crippen LogP contribution in [0.4, 0.5) is 10.8 Å². The first-order valence-electron chi connectivity index (χ1n) is 7.88. The molecule has 0 bridgehead atoms. The third-order valence-electron chi connectivity index (χ3n) is 3.34. The maximum atomic E-state index is 12.8. The molecular formula is C15H18Cl2N4O3S3. The van der Waals surface area contributed by atoms with Crippen LogP contribution >= 0.6 is 46.3 Å². The van der Waals surface area contributed by atoms with E-state index in [0.29, 0.717) is 5.13 Å².